The standard InChI is InChI=1S/C43H32N4O/c1-25-13-5-7-15-28(25)40-45-41(29-16-8-6-14-26(29)2)47-42(46-40)35-22-21-27(24-44-35)32-23-33-30-17-9-11-19-34(30)43(3,4)38(33)37-31-18-10-12-20-36(31)48-39(32)37/h5-24H,1-4H3. The zero-order valence-electron chi connectivity index (χ0n) is 27.2. The van der Waals surface area contributed by atoms with E-state index in [9.17, 15) is 0 Å². The SMILES string of the molecule is Cc1ccccc1-c1nc(-c2ccc(-c3cc4c(c5c3oc3ccccc35)C(C)(C)c3ccccc3-4)cn2)nc(-c2ccccc2C)n1. The summed E-state index contributed by atoms with van der Waals surface area (Å²) in [6.45, 7) is 8.79. The van der Waals surface area contributed by atoms with Crippen molar-refractivity contribution < 1.29 is 4.42 Å². The van der Waals surface area contributed by atoms with E-state index in [4.69, 9.17) is 24.4 Å². The molecule has 0 fully saturated rings. The zero-order valence-corrected chi connectivity index (χ0v) is 27.2. The van der Waals surface area contributed by atoms with Gasteiger partial charge in [0.05, 0.1) is 0 Å². The van der Waals surface area contributed by atoms with Crippen molar-refractivity contribution in [2.75, 3.05) is 0 Å². The molecule has 1 aliphatic rings. The summed E-state index contributed by atoms with van der Waals surface area (Å²) >= 11 is 0. The van der Waals surface area contributed by atoms with Crippen molar-refractivity contribution in [3.8, 4) is 56.5 Å². The van der Waals surface area contributed by atoms with Crippen LogP contribution in [0.15, 0.2) is 126 Å². The molecule has 0 saturated heterocycles. The van der Waals surface area contributed by atoms with E-state index in [1.54, 1.807) is 0 Å². The molecule has 1 aliphatic carbocycles. The van der Waals surface area contributed by atoms with Crippen LogP contribution < -0.4 is 0 Å². The highest BCUT2D eigenvalue weighted by Crippen LogP contribution is 2.54. The van der Waals surface area contributed by atoms with E-state index in [0.717, 1.165) is 49.9 Å². The van der Waals surface area contributed by atoms with E-state index >= 15 is 0 Å². The molecule has 9 rings (SSSR count). The molecular formula is C43H32N4O. The predicted octanol–water partition coefficient (Wildman–Crippen LogP) is 10.8. The van der Waals surface area contributed by atoms with Gasteiger partial charge in [-0.3, -0.25) is 4.98 Å². The number of pyridine rings is 1. The van der Waals surface area contributed by atoms with Gasteiger partial charge in [0.25, 0.3) is 0 Å². The molecule has 0 N–H and O–H groups in total. The van der Waals surface area contributed by atoms with Crippen molar-refractivity contribution in [3.05, 3.63) is 144 Å². The van der Waals surface area contributed by atoms with Crippen molar-refractivity contribution in [2.24, 2.45) is 0 Å². The first-order valence-electron chi connectivity index (χ1n) is 16.3. The number of furan rings is 1. The number of fused-ring (bicyclic) bond motifs is 7. The van der Waals surface area contributed by atoms with Gasteiger partial charge in [-0.15, -0.1) is 0 Å². The van der Waals surface area contributed by atoms with Gasteiger partial charge in [-0.05, 0) is 65.4 Å². The summed E-state index contributed by atoms with van der Waals surface area (Å²) in [4.78, 5) is 19.8. The molecule has 5 aromatic carbocycles. The summed E-state index contributed by atoms with van der Waals surface area (Å²) in [5, 5.41) is 2.31. The maximum absolute atomic E-state index is 6.66. The molecule has 230 valence electrons. The van der Waals surface area contributed by atoms with Crippen LogP contribution in [0.2, 0.25) is 0 Å². The molecular weight excluding hydrogens is 589 g/mol. The fraction of sp³-hybridized carbons (Fsp3) is 0.116. The molecule has 3 heterocycles. The fourth-order valence-electron chi connectivity index (χ4n) is 7.44. The molecule has 0 unspecified atom stereocenters. The Morgan fingerprint density at radius 3 is 1.83 bits per heavy atom. The average molecular weight is 621 g/mol. The molecule has 0 saturated carbocycles. The smallest absolute Gasteiger partial charge is 0.182 e. The number of aromatic nitrogens is 4. The molecule has 48 heavy (non-hydrogen) atoms. The zero-order chi connectivity index (χ0) is 32.6. The maximum Gasteiger partial charge on any atom is 0.182 e. The van der Waals surface area contributed by atoms with E-state index in [1.165, 1.54) is 27.6 Å². The Labute approximate surface area is 279 Å². The number of nitrogens with zero attached hydrogens (tertiary/aromatic N) is 4. The van der Waals surface area contributed by atoms with E-state index in [-0.39, 0.29) is 5.41 Å². The van der Waals surface area contributed by atoms with Crippen LogP contribution in [-0.2, 0) is 5.41 Å². The lowest BCUT2D eigenvalue weighted by molar-refractivity contribution is 0.657. The predicted molar refractivity (Wildman–Crippen MR) is 194 cm³/mol. The van der Waals surface area contributed by atoms with Crippen LogP contribution in [0.5, 0.6) is 0 Å². The highest BCUT2D eigenvalue weighted by Gasteiger charge is 2.39. The topological polar surface area (TPSA) is 64.7 Å². The molecule has 5 heteroatoms. The normalized spacial score (nSPS) is 13.2. The van der Waals surface area contributed by atoms with Crippen molar-refractivity contribution in [2.45, 2.75) is 33.1 Å². The minimum Gasteiger partial charge on any atom is -0.455 e. The Hall–Kier alpha value is -5.94. The van der Waals surface area contributed by atoms with Gasteiger partial charge < -0.3 is 4.42 Å². The number of benzene rings is 5. The third-order valence-electron chi connectivity index (χ3n) is 9.87. The number of aryl methyl sites for hydroxylation is 2. The minimum absolute atomic E-state index is 0.167. The Kier molecular flexibility index (Phi) is 6.21. The fourth-order valence-corrected chi connectivity index (χ4v) is 7.44. The molecule has 5 nitrogen and oxygen atoms in total. The number of hydrogen-bond donors (Lipinski definition) is 0. The van der Waals surface area contributed by atoms with Crippen LogP contribution >= 0.6 is 0 Å². The van der Waals surface area contributed by atoms with Gasteiger partial charge in [0.2, 0.25) is 0 Å². The van der Waals surface area contributed by atoms with Gasteiger partial charge in [0, 0.05) is 44.6 Å². The number of rotatable bonds is 4. The molecule has 0 spiro atoms. The quantitative estimate of drug-likeness (QED) is 0.196. The first-order valence-corrected chi connectivity index (χ1v) is 16.3. The second-order valence-electron chi connectivity index (χ2n) is 13.2. The monoisotopic (exact) mass is 620 g/mol. The Bertz CT molecular complexity index is 2500. The summed E-state index contributed by atoms with van der Waals surface area (Å²) in [7, 11) is 0. The van der Waals surface area contributed by atoms with Crippen molar-refractivity contribution in [3.63, 3.8) is 0 Å². The second kappa shape index (κ2) is 10.5. The first kappa shape index (κ1) is 28.3. The van der Waals surface area contributed by atoms with Gasteiger partial charge in [-0.25, -0.2) is 15.0 Å². The van der Waals surface area contributed by atoms with Gasteiger partial charge in [-0.2, -0.15) is 0 Å². The molecule has 0 amide bonds. The van der Waals surface area contributed by atoms with Crippen molar-refractivity contribution >= 4 is 21.9 Å². The second-order valence-corrected chi connectivity index (χ2v) is 13.2. The Balaban J connectivity index is 1.23. The van der Waals surface area contributed by atoms with Crippen LogP contribution in [-0.4, -0.2) is 19.9 Å². The highest BCUT2D eigenvalue weighted by atomic mass is 16.3. The van der Waals surface area contributed by atoms with E-state index in [1.807, 2.05) is 42.6 Å². The summed E-state index contributed by atoms with van der Waals surface area (Å²) < 4.78 is 6.66. The van der Waals surface area contributed by atoms with E-state index in [2.05, 4.69) is 107 Å². The van der Waals surface area contributed by atoms with Gasteiger partial charge in [0.15, 0.2) is 17.5 Å². The van der Waals surface area contributed by atoms with Gasteiger partial charge in [0.1, 0.15) is 16.9 Å². The van der Waals surface area contributed by atoms with Gasteiger partial charge >= 0.3 is 0 Å². The highest BCUT2D eigenvalue weighted by molar-refractivity contribution is 6.15. The minimum atomic E-state index is -0.167. The van der Waals surface area contributed by atoms with Crippen LogP contribution in [0.4, 0.5) is 0 Å². The molecule has 8 aromatic rings. The third-order valence-corrected chi connectivity index (χ3v) is 9.87. The van der Waals surface area contributed by atoms with E-state index in [0.29, 0.717) is 23.2 Å². The Morgan fingerprint density at radius 1 is 0.562 bits per heavy atom. The summed E-state index contributed by atoms with van der Waals surface area (Å²) in [6, 6.07) is 39.9. The van der Waals surface area contributed by atoms with Crippen molar-refractivity contribution in [1.29, 1.82) is 0 Å². The molecule has 0 atom stereocenters. The lowest BCUT2D eigenvalue weighted by Gasteiger charge is -2.22. The first-order chi connectivity index (χ1) is 23.4. The maximum atomic E-state index is 6.66. The molecule has 0 aliphatic heterocycles. The van der Waals surface area contributed by atoms with E-state index < -0.39 is 0 Å². The van der Waals surface area contributed by atoms with Crippen LogP contribution in [0.1, 0.15) is 36.1 Å². The summed E-state index contributed by atoms with van der Waals surface area (Å²) in [5.74, 6) is 1.80. The Morgan fingerprint density at radius 2 is 1.17 bits per heavy atom. The lowest BCUT2D eigenvalue weighted by Crippen LogP contribution is -2.15. The van der Waals surface area contributed by atoms with Crippen LogP contribution in [0.25, 0.3) is 78.5 Å². The summed E-state index contributed by atoms with van der Waals surface area (Å²) in [6.07, 6.45) is 1.92. The van der Waals surface area contributed by atoms with Crippen molar-refractivity contribution in [1.82, 2.24) is 19.9 Å². The molecule has 3 aromatic heterocycles. The van der Waals surface area contributed by atoms with Crippen LogP contribution in [0, 0.1) is 13.8 Å². The number of para-hydroxylation sites is 1. The van der Waals surface area contributed by atoms with Gasteiger partial charge in [-0.1, -0.05) is 111 Å². The average Bonchev–Trinajstić information content (AvgIpc) is 3.60. The largest absolute Gasteiger partial charge is 0.455 e. The third kappa shape index (κ3) is 4.24. The van der Waals surface area contributed by atoms with Crippen LogP contribution in [0.3, 0.4) is 0 Å². The lowest BCUT2D eigenvalue weighted by atomic mass is 9.80. The molecule has 0 bridgehead atoms. The number of hydrogen-bond acceptors (Lipinski definition) is 5. The molecule has 0 radical (unpaired) electrons. The summed E-state index contributed by atoms with van der Waals surface area (Å²) in [5.41, 5.74) is 13.6.